The molecule has 1 atom stereocenters. The molecule has 6 rings (SSSR count). The van der Waals surface area contributed by atoms with Crippen LogP contribution in [0.15, 0.2) is 60.8 Å². The molecule has 0 aliphatic carbocycles. The summed E-state index contributed by atoms with van der Waals surface area (Å²) in [6, 6.07) is 14.0. The number of carbonyl (C=O) groups is 1. The fourth-order valence-corrected chi connectivity index (χ4v) is 7.04. The molecule has 2 aromatic carbocycles. The normalized spacial score (nSPS) is 15.1. The quantitative estimate of drug-likeness (QED) is 0.100. The molecule has 0 saturated carbocycles. The van der Waals surface area contributed by atoms with Crippen LogP contribution in [0.3, 0.4) is 0 Å². The maximum atomic E-state index is 15.9. The summed E-state index contributed by atoms with van der Waals surface area (Å²) in [4.78, 5) is 23.0. The molecule has 4 heterocycles. The van der Waals surface area contributed by atoms with E-state index in [9.17, 15) is 26.4 Å². The molecule has 0 radical (unpaired) electrons. The Morgan fingerprint density at radius 2 is 1.79 bits per heavy atom. The van der Waals surface area contributed by atoms with Gasteiger partial charge in [0.25, 0.3) is 5.91 Å². The molecule has 17 heteroatoms. The summed E-state index contributed by atoms with van der Waals surface area (Å²) < 4.78 is 99.5. The standard InChI is InChI=1S/C40H45F4N7O5S/c1-6-57(53,54)50-36-27(16-24(2)21-45-36)22-46-37-34-31(51(33-14-10-11-15-55-33)49-35(34)38(52)48-39(3,4)5)19-30(47-37)28-18-29(41)32(17-26(28)20-40(42,43)44)56-23-25-12-8-7-9-13-25/h7-9,12-13,16-19,21,33H,6,10-11,14-15,20,22-23H2,1-5H3,(H,45,50)(H,46,47)(H,48,52). The van der Waals surface area contributed by atoms with E-state index in [2.05, 4.69) is 20.3 Å². The van der Waals surface area contributed by atoms with Gasteiger partial charge in [0.2, 0.25) is 10.0 Å². The number of nitrogens with zero attached hydrogens (tertiary/aromatic N) is 4. The SMILES string of the molecule is CCS(=O)(=O)Nc1ncc(C)cc1CNc1nc(-c2cc(F)c(OCc3ccccc3)cc2CC(F)(F)F)cc2c1c(C(=O)NC(C)(C)C)nn2C1CCCCO1. The fraction of sp³-hybridized carbons (Fsp3) is 0.400. The van der Waals surface area contributed by atoms with Gasteiger partial charge in [0.05, 0.1) is 28.8 Å². The number of benzene rings is 2. The second-order valence-corrected chi connectivity index (χ2v) is 17.0. The first-order valence-electron chi connectivity index (χ1n) is 18.5. The number of ether oxygens (including phenoxy) is 2. The molecule has 1 aliphatic rings. The maximum absolute atomic E-state index is 15.9. The zero-order chi connectivity index (χ0) is 41.1. The summed E-state index contributed by atoms with van der Waals surface area (Å²) >= 11 is 0. The van der Waals surface area contributed by atoms with Crippen molar-refractivity contribution >= 4 is 38.5 Å². The van der Waals surface area contributed by atoms with Crippen LogP contribution >= 0.6 is 0 Å². The summed E-state index contributed by atoms with van der Waals surface area (Å²) in [5, 5.41) is 11.1. The van der Waals surface area contributed by atoms with Crippen LogP contribution < -0.4 is 20.1 Å². The first-order chi connectivity index (χ1) is 26.9. The Bertz CT molecular complexity index is 2360. The highest BCUT2D eigenvalue weighted by Crippen LogP contribution is 2.39. The van der Waals surface area contributed by atoms with Crippen molar-refractivity contribution in [1.82, 2.24) is 25.1 Å². The van der Waals surface area contributed by atoms with Crippen LogP contribution in [0.4, 0.5) is 29.2 Å². The minimum absolute atomic E-state index is 0.0252. The lowest BCUT2D eigenvalue weighted by atomic mass is 9.99. The predicted molar refractivity (Wildman–Crippen MR) is 209 cm³/mol. The molecule has 57 heavy (non-hydrogen) atoms. The fourth-order valence-electron chi connectivity index (χ4n) is 6.41. The van der Waals surface area contributed by atoms with Gasteiger partial charge in [0.15, 0.2) is 23.5 Å². The van der Waals surface area contributed by atoms with Crippen LogP contribution in [0.1, 0.15) is 85.9 Å². The zero-order valence-corrected chi connectivity index (χ0v) is 33.1. The van der Waals surface area contributed by atoms with Crippen molar-refractivity contribution in [2.45, 2.75) is 91.4 Å². The van der Waals surface area contributed by atoms with Crippen LogP contribution in [0, 0.1) is 12.7 Å². The number of anilines is 2. The van der Waals surface area contributed by atoms with E-state index in [0.29, 0.717) is 35.2 Å². The zero-order valence-electron chi connectivity index (χ0n) is 32.3. The van der Waals surface area contributed by atoms with Gasteiger partial charge < -0.3 is 20.1 Å². The molecule has 3 N–H and O–H groups in total. The first kappa shape index (κ1) is 41.3. The molecular formula is C40H45F4N7O5S. The number of fused-ring (bicyclic) bond motifs is 1. The maximum Gasteiger partial charge on any atom is 0.393 e. The Kier molecular flexibility index (Phi) is 12.1. The molecule has 1 unspecified atom stereocenters. The lowest BCUT2D eigenvalue weighted by Gasteiger charge is -2.24. The molecule has 0 bridgehead atoms. The minimum atomic E-state index is -4.69. The Morgan fingerprint density at radius 3 is 2.46 bits per heavy atom. The number of sulfonamides is 1. The molecule has 1 fully saturated rings. The smallest absolute Gasteiger partial charge is 0.393 e. The molecule has 304 valence electrons. The van der Waals surface area contributed by atoms with E-state index in [1.165, 1.54) is 23.9 Å². The molecule has 1 amide bonds. The Hall–Kier alpha value is -5.29. The van der Waals surface area contributed by atoms with Crippen LogP contribution in [0.5, 0.6) is 5.75 Å². The van der Waals surface area contributed by atoms with E-state index in [1.54, 1.807) is 64.1 Å². The van der Waals surface area contributed by atoms with Crippen molar-refractivity contribution in [3.8, 4) is 17.0 Å². The number of carbonyl (C=O) groups excluding carboxylic acids is 1. The Labute approximate surface area is 328 Å². The second-order valence-electron chi connectivity index (χ2n) is 15.0. The van der Waals surface area contributed by atoms with Crippen LogP contribution in [-0.2, 0) is 34.3 Å². The third kappa shape index (κ3) is 10.4. The molecule has 5 aromatic rings. The summed E-state index contributed by atoms with van der Waals surface area (Å²) in [5.74, 6) is -1.94. The average Bonchev–Trinajstić information content (AvgIpc) is 3.54. The van der Waals surface area contributed by atoms with Gasteiger partial charge in [-0.25, -0.2) is 27.5 Å². The van der Waals surface area contributed by atoms with Gasteiger partial charge in [-0.15, -0.1) is 0 Å². The minimum Gasteiger partial charge on any atom is -0.486 e. The molecule has 1 aliphatic heterocycles. The van der Waals surface area contributed by atoms with Crippen LogP contribution in [-0.4, -0.2) is 58.1 Å². The number of hydrogen-bond donors (Lipinski definition) is 3. The summed E-state index contributed by atoms with van der Waals surface area (Å²) in [6.07, 6.45) is -3.11. The number of amides is 1. The average molecular weight is 812 g/mol. The number of nitrogens with one attached hydrogen (secondary N) is 3. The second kappa shape index (κ2) is 16.7. The van der Waals surface area contributed by atoms with Gasteiger partial charge in [-0.05, 0) is 94.8 Å². The van der Waals surface area contributed by atoms with E-state index in [0.717, 1.165) is 25.0 Å². The van der Waals surface area contributed by atoms with Crippen LogP contribution in [0.25, 0.3) is 22.2 Å². The van der Waals surface area contributed by atoms with E-state index < -0.39 is 46.1 Å². The lowest BCUT2D eigenvalue weighted by molar-refractivity contribution is -0.127. The van der Waals surface area contributed by atoms with E-state index in [4.69, 9.17) is 19.6 Å². The Morgan fingerprint density at radius 1 is 1.04 bits per heavy atom. The molecule has 0 spiro atoms. The highest BCUT2D eigenvalue weighted by Gasteiger charge is 2.33. The third-order valence-corrected chi connectivity index (χ3v) is 10.3. The van der Waals surface area contributed by atoms with Gasteiger partial charge in [-0.2, -0.15) is 18.3 Å². The van der Waals surface area contributed by atoms with E-state index >= 15 is 4.39 Å². The molecular weight excluding hydrogens is 767 g/mol. The number of aryl methyl sites for hydroxylation is 1. The number of alkyl halides is 3. The summed E-state index contributed by atoms with van der Waals surface area (Å²) in [5.41, 5.74) is 0.909. The monoisotopic (exact) mass is 811 g/mol. The van der Waals surface area contributed by atoms with E-state index in [-0.39, 0.29) is 64.2 Å². The number of halogens is 4. The van der Waals surface area contributed by atoms with Crippen molar-refractivity contribution in [3.05, 3.63) is 94.6 Å². The predicted octanol–water partition coefficient (Wildman–Crippen LogP) is 8.23. The number of hydrogen-bond acceptors (Lipinski definition) is 9. The van der Waals surface area contributed by atoms with E-state index in [1.807, 2.05) is 0 Å². The highest BCUT2D eigenvalue weighted by molar-refractivity contribution is 7.92. The highest BCUT2D eigenvalue weighted by atomic mass is 32.2. The van der Waals surface area contributed by atoms with Crippen molar-refractivity contribution in [2.24, 2.45) is 0 Å². The number of rotatable bonds is 13. The summed E-state index contributed by atoms with van der Waals surface area (Å²) in [6.45, 7) is 8.91. The molecule has 12 nitrogen and oxygen atoms in total. The van der Waals surface area contributed by atoms with Crippen molar-refractivity contribution in [2.75, 3.05) is 22.4 Å². The Balaban J connectivity index is 1.55. The number of pyridine rings is 2. The lowest BCUT2D eigenvalue weighted by Crippen LogP contribution is -2.41. The molecule has 3 aromatic heterocycles. The van der Waals surface area contributed by atoms with Gasteiger partial charge in [-0.1, -0.05) is 30.3 Å². The van der Waals surface area contributed by atoms with Gasteiger partial charge in [0, 0.05) is 36.0 Å². The van der Waals surface area contributed by atoms with Gasteiger partial charge in [-0.3, -0.25) is 9.52 Å². The van der Waals surface area contributed by atoms with Crippen molar-refractivity contribution < 1.29 is 40.2 Å². The van der Waals surface area contributed by atoms with Crippen molar-refractivity contribution in [1.29, 1.82) is 0 Å². The summed E-state index contributed by atoms with van der Waals surface area (Å²) in [7, 11) is -3.73. The topological polar surface area (TPSA) is 149 Å². The number of aromatic nitrogens is 4. The first-order valence-corrected chi connectivity index (χ1v) is 20.2. The van der Waals surface area contributed by atoms with Crippen molar-refractivity contribution in [3.63, 3.8) is 0 Å². The largest absolute Gasteiger partial charge is 0.486 e. The molecule has 1 saturated heterocycles. The van der Waals surface area contributed by atoms with Gasteiger partial charge >= 0.3 is 6.18 Å². The van der Waals surface area contributed by atoms with Crippen LogP contribution in [0.2, 0.25) is 0 Å². The van der Waals surface area contributed by atoms with Gasteiger partial charge in [0.1, 0.15) is 18.2 Å². The third-order valence-electron chi connectivity index (χ3n) is 9.07.